The quantitative estimate of drug-likeness (QED) is 0.567. The van der Waals surface area contributed by atoms with Crippen molar-refractivity contribution in [1.82, 2.24) is 10.4 Å². The van der Waals surface area contributed by atoms with E-state index in [1.54, 1.807) is 11.3 Å². The summed E-state index contributed by atoms with van der Waals surface area (Å²) in [7, 11) is 0. The second-order valence-electron chi connectivity index (χ2n) is 4.57. The monoisotopic (exact) mass is 269 g/mol. The van der Waals surface area contributed by atoms with Gasteiger partial charge in [0.25, 0.3) is 0 Å². The third kappa shape index (κ3) is 2.26. The van der Waals surface area contributed by atoms with Gasteiger partial charge < -0.3 is 0 Å². The van der Waals surface area contributed by atoms with Crippen LogP contribution in [-0.2, 0) is 0 Å². The lowest BCUT2D eigenvalue weighted by molar-refractivity contribution is 0.636. The van der Waals surface area contributed by atoms with Crippen LogP contribution in [-0.4, -0.2) is 4.98 Å². The highest BCUT2D eigenvalue weighted by molar-refractivity contribution is 7.08. The van der Waals surface area contributed by atoms with Crippen LogP contribution in [0, 0.1) is 6.92 Å². The summed E-state index contributed by atoms with van der Waals surface area (Å²) in [6.07, 6.45) is 1.81. The number of thiophene rings is 1. The van der Waals surface area contributed by atoms with Crippen molar-refractivity contribution < 1.29 is 0 Å². The fourth-order valence-electron chi connectivity index (χ4n) is 2.31. The lowest BCUT2D eigenvalue weighted by Gasteiger charge is -2.17. The largest absolute Gasteiger partial charge is 0.271 e. The molecule has 3 aromatic rings. The molecule has 0 saturated heterocycles. The molecule has 0 spiro atoms. The highest BCUT2D eigenvalue weighted by atomic mass is 32.1. The number of hydrazine groups is 1. The summed E-state index contributed by atoms with van der Waals surface area (Å²) < 4.78 is 0. The molecule has 19 heavy (non-hydrogen) atoms. The summed E-state index contributed by atoms with van der Waals surface area (Å²) in [5.41, 5.74) is 7.57. The van der Waals surface area contributed by atoms with E-state index >= 15 is 0 Å². The van der Waals surface area contributed by atoms with Crippen LogP contribution in [0.2, 0.25) is 0 Å². The van der Waals surface area contributed by atoms with E-state index in [1.807, 2.05) is 18.3 Å². The zero-order valence-electron chi connectivity index (χ0n) is 10.6. The number of nitrogens with two attached hydrogens (primary N) is 1. The lowest BCUT2D eigenvalue weighted by Crippen LogP contribution is -2.28. The molecule has 96 valence electrons. The maximum Gasteiger partial charge on any atom is 0.0720 e. The van der Waals surface area contributed by atoms with Crippen molar-refractivity contribution >= 4 is 22.2 Å². The second kappa shape index (κ2) is 5.09. The summed E-state index contributed by atoms with van der Waals surface area (Å²) >= 11 is 1.70. The molecule has 0 fully saturated rings. The number of nitrogens with one attached hydrogen (secondary N) is 1. The van der Waals surface area contributed by atoms with Crippen molar-refractivity contribution in [3.8, 4) is 0 Å². The zero-order chi connectivity index (χ0) is 13.2. The van der Waals surface area contributed by atoms with Crippen LogP contribution in [0.25, 0.3) is 10.9 Å². The van der Waals surface area contributed by atoms with Crippen LogP contribution in [0.1, 0.15) is 22.7 Å². The van der Waals surface area contributed by atoms with Gasteiger partial charge in [-0.2, -0.15) is 11.3 Å². The first-order valence-electron chi connectivity index (χ1n) is 6.13. The van der Waals surface area contributed by atoms with Gasteiger partial charge in [-0.1, -0.05) is 12.1 Å². The lowest BCUT2D eigenvalue weighted by atomic mass is 9.97. The van der Waals surface area contributed by atoms with Crippen molar-refractivity contribution in [1.29, 1.82) is 0 Å². The molecule has 4 heteroatoms. The van der Waals surface area contributed by atoms with Crippen molar-refractivity contribution in [3.63, 3.8) is 0 Å². The Morgan fingerprint density at radius 3 is 2.89 bits per heavy atom. The predicted molar refractivity (Wildman–Crippen MR) is 80.0 cm³/mol. The molecule has 0 aliphatic carbocycles. The van der Waals surface area contributed by atoms with E-state index in [9.17, 15) is 0 Å². The molecule has 2 aromatic heterocycles. The molecule has 0 aliphatic heterocycles. The average molecular weight is 269 g/mol. The van der Waals surface area contributed by atoms with E-state index in [0.29, 0.717) is 0 Å². The Morgan fingerprint density at radius 1 is 1.26 bits per heavy atom. The molecule has 0 bridgehead atoms. The van der Waals surface area contributed by atoms with Gasteiger partial charge >= 0.3 is 0 Å². The number of hydrogen-bond donors (Lipinski definition) is 2. The van der Waals surface area contributed by atoms with Gasteiger partial charge in [-0.25, -0.2) is 5.43 Å². The maximum atomic E-state index is 5.75. The highest BCUT2D eigenvalue weighted by Crippen LogP contribution is 2.28. The summed E-state index contributed by atoms with van der Waals surface area (Å²) in [6, 6.07) is 10.3. The van der Waals surface area contributed by atoms with Crippen molar-refractivity contribution in [3.05, 3.63) is 64.0 Å². The first kappa shape index (κ1) is 12.3. The molecule has 0 amide bonds. The van der Waals surface area contributed by atoms with E-state index in [0.717, 1.165) is 16.5 Å². The molecule has 3 rings (SSSR count). The molecule has 1 aromatic carbocycles. The van der Waals surface area contributed by atoms with Crippen LogP contribution < -0.4 is 11.3 Å². The fraction of sp³-hybridized carbons (Fsp3) is 0.133. The van der Waals surface area contributed by atoms with Gasteiger partial charge in [-0.05, 0) is 52.6 Å². The molecule has 1 atom stereocenters. The van der Waals surface area contributed by atoms with Crippen LogP contribution in [0.5, 0.6) is 0 Å². The number of benzene rings is 1. The predicted octanol–water partition coefficient (Wildman–Crippen LogP) is 3.16. The van der Waals surface area contributed by atoms with Crippen LogP contribution in [0.15, 0.2) is 47.3 Å². The summed E-state index contributed by atoms with van der Waals surface area (Å²) in [4.78, 5) is 4.34. The molecule has 0 saturated carbocycles. The van der Waals surface area contributed by atoms with E-state index in [-0.39, 0.29) is 6.04 Å². The average Bonchev–Trinajstić information content (AvgIpc) is 2.86. The number of rotatable bonds is 3. The molecule has 0 aliphatic rings. The Balaban J connectivity index is 2.09. The van der Waals surface area contributed by atoms with E-state index in [2.05, 4.69) is 46.3 Å². The van der Waals surface area contributed by atoms with Gasteiger partial charge in [0.2, 0.25) is 0 Å². The number of fused-ring (bicyclic) bond motifs is 1. The molecular formula is C15H15N3S. The van der Waals surface area contributed by atoms with Crippen LogP contribution in [0.3, 0.4) is 0 Å². The summed E-state index contributed by atoms with van der Waals surface area (Å²) in [5, 5.41) is 5.42. The minimum atomic E-state index is 0.0239. The minimum absolute atomic E-state index is 0.0239. The number of nitrogens with zero attached hydrogens (tertiary/aromatic N) is 1. The molecule has 3 nitrogen and oxygen atoms in total. The van der Waals surface area contributed by atoms with Crippen molar-refractivity contribution in [2.75, 3.05) is 0 Å². The Labute approximate surface area is 116 Å². The number of aryl methyl sites for hydroxylation is 1. The third-order valence-corrected chi connectivity index (χ3v) is 4.21. The Kier molecular flexibility index (Phi) is 3.29. The van der Waals surface area contributed by atoms with Crippen LogP contribution in [0.4, 0.5) is 0 Å². The highest BCUT2D eigenvalue weighted by Gasteiger charge is 2.15. The SMILES string of the molecule is Cc1cscc1C(NN)c1ccc2ncccc2c1. The smallest absolute Gasteiger partial charge is 0.0720 e. The van der Waals surface area contributed by atoms with E-state index in [4.69, 9.17) is 5.84 Å². The van der Waals surface area contributed by atoms with Gasteiger partial charge in [0.1, 0.15) is 0 Å². The first-order valence-corrected chi connectivity index (χ1v) is 7.07. The molecule has 2 heterocycles. The zero-order valence-corrected chi connectivity index (χ0v) is 11.4. The summed E-state index contributed by atoms with van der Waals surface area (Å²) in [5.74, 6) is 5.75. The Bertz CT molecular complexity index is 705. The maximum absolute atomic E-state index is 5.75. The van der Waals surface area contributed by atoms with Gasteiger partial charge in [0, 0.05) is 11.6 Å². The number of aromatic nitrogens is 1. The standard InChI is InChI=1S/C15H15N3S/c1-10-8-19-9-13(10)15(18-16)12-4-5-14-11(7-12)3-2-6-17-14/h2-9,15,18H,16H2,1H3. The van der Waals surface area contributed by atoms with Crippen molar-refractivity contribution in [2.45, 2.75) is 13.0 Å². The summed E-state index contributed by atoms with van der Waals surface area (Å²) in [6.45, 7) is 2.11. The molecular weight excluding hydrogens is 254 g/mol. The van der Waals surface area contributed by atoms with E-state index in [1.165, 1.54) is 11.1 Å². The number of pyridine rings is 1. The normalized spacial score (nSPS) is 12.7. The van der Waals surface area contributed by atoms with Gasteiger partial charge in [-0.15, -0.1) is 0 Å². The van der Waals surface area contributed by atoms with Gasteiger partial charge in [-0.3, -0.25) is 10.8 Å². The molecule has 0 radical (unpaired) electrons. The molecule has 1 unspecified atom stereocenters. The topological polar surface area (TPSA) is 50.9 Å². The van der Waals surface area contributed by atoms with Crippen molar-refractivity contribution in [2.24, 2.45) is 5.84 Å². The van der Waals surface area contributed by atoms with Crippen LogP contribution >= 0.6 is 11.3 Å². The second-order valence-corrected chi connectivity index (χ2v) is 5.31. The van der Waals surface area contributed by atoms with Gasteiger partial charge in [0.05, 0.1) is 11.6 Å². The molecule has 3 N–H and O–H groups in total. The first-order chi connectivity index (χ1) is 9.29. The fourth-order valence-corrected chi connectivity index (χ4v) is 3.18. The third-order valence-electron chi connectivity index (χ3n) is 3.33. The Morgan fingerprint density at radius 2 is 2.16 bits per heavy atom. The Hall–Kier alpha value is -1.75. The van der Waals surface area contributed by atoms with Gasteiger partial charge in [0.15, 0.2) is 0 Å². The minimum Gasteiger partial charge on any atom is -0.271 e. The number of hydrogen-bond acceptors (Lipinski definition) is 4. The van der Waals surface area contributed by atoms with E-state index < -0.39 is 0 Å².